The predicted molar refractivity (Wildman–Crippen MR) is 89.8 cm³/mol. The summed E-state index contributed by atoms with van der Waals surface area (Å²) in [5, 5.41) is 3.43. The van der Waals surface area contributed by atoms with Crippen LogP contribution in [-0.4, -0.2) is 42.4 Å². The molecule has 1 aliphatic rings. The van der Waals surface area contributed by atoms with E-state index in [4.69, 9.17) is 11.6 Å². The van der Waals surface area contributed by atoms with Crippen molar-refractivity contribution in [1.29, 1.82) is 0 Å². The van der Waals surface area contributed by atoms with Crippen molar-refractivity contribution in [3.8, 4) is 0 Å². The number of aliphatic imine (C=N–C) groups is 1. The topological polar surface area (TPSA) is 109 Å². The Balaban J connectivity index is 2.29. The van der Waals surface area contributed by atoms with Crippen molar-refractivity contribution in [1.82, 2.24) is 15.6 Å². The second-order valence-corrected chi connectivity index (χ2v) is 5.68. The highest BCUT2D eigenvalue weighted by atomic mass is 16.2. The number of carbonyl (C=O) groups excluding carboxylic acids is 1. The second-order valence-electron chi connectivity index (χ2n) is 5.68. The summed E-state index contributed by atoms with van der Waals surface area (Å²) in [6.45, 7) is 8.29. The normalized spacial score (nSPS) is 17.3. The molecule has 0 radical (unpaired) electrons. The molecule has 0 aromatic carbocycles. The lowest BCUT2D eigenvalue weighted by Gasteiger charge is -2.29. The van der Waals surface area contributed by atoms with Gasteiger partial charge in [0.1, 0.15) is 0 Å². The van der Waals surface area contributed by atoms with Gasteiger partial charge in [-0.25, -0.2) is 5.84 Å². The van der Waals surface area contributed by atoms with Gasteiger partial charge in [0.05, 0.1) is 6.54 Å². The first-order valence-electron chi connectivity index (χ1n) is 8.05. The summed E-state index contributed by atoms with van der Waals surface area (Å²) < 4.78 is 0. The molecule has 1 fully saturated rings. The van der Waals surface area contributed by atoms with Crippen LogP contribution in [0.2, 0.25) is 0 Å². The van der Waals surface area contributed by atoms with E-state index < -0.39 is 0 Å². The predicted octanol–water partition coefficient (Wildman–Crippen LogP) is 0.439. The highest BCUT2D eigenvalue weighted by molar-refractivity contribution is 5.77. The molecule has 126 valence electrons. The molecule has 1 rings (SSSR count). The van der Waals surface area contributed by atoms with Crippen LogP contribution < -0.4 is 22.3 Å². The molecule has 1 amide bonds. The number of nitrogens with zero attached hydrogens (tertiary/aromatic N) is 2. The molecule has 0 saturated carbocycles. The third kappa shape index (κ3) is 6.80. The molecule has 1 unspecified atom stereocenters. The highest BCUT2D eigenvalue weighted by Crippen LogP contribution is 2.12. The van der Waals surface area contributed by atoms with Gasteiger partial charge < -0.3 is 16.0 Å². The number of nitrogens with one attached hydrogen (secondary N) is 2. The zero-order chi connectivity index (χ0) is 16.4. The number of carbonyl (C=O) groups is 1. The molecule has 0 aliphatic carbocycles. The lowest BCUT2D eigenvalue weighted by atomic mass is 10.1. The molecule has 7 heteroatoms. The Kier molecular flexibility index (Phi) is 8.35. The zero-order valence-corrected chi connectivity index (χ0v) is 13.6. The second kappa shape index (κ2) is 10.0. The number of amides is 1. The van der Waals surface area contributed by atoms with E-state index >= 15 is 0 Å². The summed E-state index contributed by atoms with van der Waals surface area (Å²) in [5.41, 5.74) is 8.69. The van der Waals surface area contributed by atoms with Crippen LogP contribution in [0.5, 0.6) is 0 Å². The first-order valence-corrected chi connectivity index (χ1v) is 8.05. The maximum Gasteiger partial charge on any atom is 0.222 e. The van der Waals surface area contributed by atoms with Crippen molar-refractivity contribution in [3.63, 3.8) is 0 Å². The fourth-order valence-electron chi connectivity index (χ4n) is 2.55. The summed E-state index contributed by atoms with van der Waals surface area (Å²) in [5.74, 6) is 5.64. The van der Waals surface area contributed by atoms with E-state index in [0.717, 1.165) is 44.3 Å². The molecule has 1 saturated heterocycles. The third-order valence-electron chi connectivity index (χ3n) is 3.84. The number of guanidine groups is 1. The van der Waals surface area contributed by atoms with Crippen molar-refractivity contribution in [2.24, 2.45) is 16.6 Å². The van der Waals surface area contributed by atoms with Gasteiger partial charge >= 0.3 is 0 Å². The zero-order valence-electron chi connectivity index (χ0n) is 13.6. The molecule has 1 atom stereocenters. The molecule has 0 aromatic heterocycles. The highest BCUT2D eigenvalue weighted by Gasteiger charge is 2.19. The van der Waals surface area contributed by atoms with Crippen LogP contribution in [0.3, 0.4) is 0 Å². The quantitative estimate of drug-likeness (QED) is 0.162. The summed E-state index contributed by atoms with van der Waals surface area (Å²) in [6.07, 6.45) is 5.66. The number of hydrogen-bond acceptors (Lipinski definition) is 4. The van der Waals surface area contributed by atoms with E-state index in [1.165, 1.54) is 0 Å². The maximum atomic E-state index is 11.8. The van der Waals surface area contributed by atoms with Gasteiger partial charge in [0.15, 0.2) is 0 Å². The van der Waals surface area contributed by atoms with E-state index in [1.807, 2.05) is 4.90 Å². The van der Waals surface area contributed by atoms with Crippen molar-refractivity contribution >= 4 is 11.9 Å². The Morgan fingerprint density at radius 3 is 2.91 bits per heavy atom. The Labute approximate surface area is 133 Å². The van der Waals surface area contributed by atoms with Gasteiger partial charge in [-0.1, -0.05) is 13.5 Å². The number of hydrazine groups is 1. The van der Waals surface area contributed by atoms with E-state index in [1.54, 1.807) is 0 Å². The lowest BCUT2D eigenvalue weighted by molar-refractivity contribution is -0.132. The molecule has 0 bridgehead atoms. The Morgan fingerprint density at radius 2 is 2.27 bits per heavy atom. The Morgan fingerprint density at radius 1 is 1.50 bits per heavy atom. The standard InChI is InChI=1S/C15H30N6O/c1-3-13(7-6-9-18-15(16)20-17)19-12(2)11-21-10-5-4-8-14(21)22/h13,19H,2-11,17H2,1H3,(H3,16,18,20). The molecule has 1 aliphatic heterocycles. The fraction of sp³-hybridized carbons (Fsp3) is 0.733. The average Bonchev–Trinajstić information content (AvgIpc) is 2.52. The number of likely N-dealkylation sites (tertiary alicyclic amines) is 1. The minimum atomic E-state index is 0.237. The van der Waals surface area contributed by atoms with E-state index in [2.05, 4.69) is 29.2 Å². The molecule has 7 nitrogen and oxygen atoms in total. The Hall–Kier alpha value is -1.76. The molecule has 1 heterocycles. The minimum absolute atomic E-state index is 0.237. The van der Waals surface area contributed by atoms with Crippen molar-refractivity contribution in [2.75, 3.05) is 19.6 Å². The summed E-state index contributed by atoms with van der Waals surface area (Å²) in [4.78, 5) is 17.8. The van der Waals surface area contributed by atoms with Crippen LogP contribution in [-0.2, 0) is 4.79 Å². The van der Waals surface area contributed by atoms with Crippen LogP contribution in [0, 0.1) is 0 Å². The number of piperidine rings is 1. The monoisotopic (exact) mass is 310 g/mol. The molecular weight excluding hydrogens is 280 g/mol. The summed E-state index contributed by atoms with van der Waals surface area (Å²) in [6, 6.07) is 0.342. The largest absolute Gasteiger partial charge is 0.385 e. The van der Waals surface area contributed by atoms with Crippen LogP contribution >= 0.6 is 0 Å². The van der Waals surface area contributed by atoms with Gasteiger partial charge in [0, 0.05) is 31.2 Å². The summed E-state index contributed by atoms with van der Waals surface area (Å²) in [7, 11) is 0. The summed E-state index contributed by atoms with van der Waals surface area (Å²) >= 11 is 0. The van der Waals surface area contributed by atoms with Gasteiger partial charge in [-0.05, 0) is 32.1 Å². The van der Waals surface area contributed by atoms with Crippen LogP contribution in [0.1, 0.15) is 45.4 Å². The van der Waals surface area contributed by atoms with Crippen LogP contribution in [0.25, 0.3) is 0 Å². The van der Waals surface area contributed by atoms with Crippen molar-refractivity contribution in [2.45, 2.75) is 51.5 Å². The minimum Gasteiger partial charge on any atom is -0.385 e. The molecule has 22 heavy (non-hydrogen) atoms. The molecular formula is C15H30N6O. The Bertz CT molecular complexity index is 395. The lowest BCUT2D eigenvalue weighted by Crippen LogP contribution is -2.40. The molecule has 0 aromatic rings. The van der Waals surface area contributed by atoms with E-state index in [-0.39, 0.29) is 11.9 Å². The third-order valence-corrected chi connectivity index (χ3v) is 3.84. The maximum absolute atomic E-state index is 11.8. The average molecular weight is 310 g/mol. The van der Waals surface area contributed by atoms with Crippen molar-refractivity contribution in [3.05, 3.63) is 12.3 Å². The van der Waals surface area contributed by atoms with Crippen molar-refractivity contribution < 1.29 is 4.79 Å². The number of rotatable bonds is 9. The van der Waals surface area contributed by atoms with E-state index in [9.17, 15) is 4.79 Å². The van der Waals surface area contributed by atoms with Gasteiger partial charge in [-0.2, -0.15) is 0 Å². The van der Waals surface area contributed by atoms with Crippen LogP contribution in [0.15, 0.2) is 17.3 Å². The molecule has 0 spiro atoms. The van der Waals surface area contributed by atoms with Gasteiger partial charge in [0.25, 0.3) is 0 Å². The first-order chi connectivity index (χ1) is 10.6. The van der Waals surface area contributed by atoms with Gasteiger partial charge in [0.2, 0.25) is 11.9 Å². The smallest absolute Gasteiger partial charge is 0.222 e. The SMILES string of the molecule is C=C(CN1CCCCC1=O)NC(CC)CCCN=C(N)NN. The van der Waals surface area contributed by atoms with Gasteiger partial charge in [-0.15, -0.1) is 0 Å². The van der Waals surface area contributed by atoms with E-state index in [0.29, 0.717) is 25.6 Å². The van der Waals surface area contributed by atoms with Crippen LogP contribution in [0.4, 0.5) is 0 Å². The number of nitrogens with two attached hydrogens (primary N) is 2. The van der Waals surface area contributed by atoms with Gasteiger partial charge in [-0.3, -0.25) is 15.2 Å². The molecule has 6 N–H and O–H groups in total. The first kappa shape index (κ1) is 18.3. The number of hydrogen-bond donors (Lipinski definition) is 4. The fourth-order valence-corrected chi connectivity index (χ4v) is 2.55.